The van der Waals surface area contributed by atoms with Crippen LogP contribution in [0.2, 0.25) is 0 Å². The summed E-state index contributed by atoms with van der Waals surface area (Å²) < 4.78 is 4.69. The molecule has 0 aromatic carbocycles. The van der Waals surface area contributed by atoms with Crippen LogP contribution in [0.1, 0.15) is 50.0 Å². The van der Waals surface area contributed by atoms with E-state index in [4.69, 9.17) is 0 Å². The summed E-state index contributed by atoms with van der Waals surface area (Å²) in [6.07, 6.45) is 7.47. The first-order valence-electron chi connectivity index (χ1n) is 9.73. The number of hydrogen-bond donors (Lipinski definition) is 1. The molecule has 5 rings (SSSR count). The molecule has 0 aliphatic heterocycles. The summed E-state index contributed by atoms with van der Waals surface area (Å²) in [7, 11) is 0. The molecule has 1 aliphatic rings. The van der Waals surface area contributed by atoms with E-state index in [2.05, 4.69) is 20.5 Å². The fraction of sp³-hybridized carbons (Fsp3) is 0.350. The number of fused-ring (bicyclic) bond motifs is 2. The molecular formula is C20H21N7O2. The van der Waals surface area contributed by atoms with E-state index in [1.807, 2.05) is 30.4 Å². The van der Waals surface area contributed by atoms with Crippen molar-refractivity contribution in [1.82, 2.24) is 28.8 Å². The largest absolute Gasteiger partial charge is 0.323 e. The molecule has 0 bridgehead atoms. The van der Waals surface area contributed by atoms with E-state index < -0.39 is 0 Å². The Kier molecular flexibility index (Phi) is 3.97. The molecule has 0 spiro atoms. The summed E-state index contributed by atoms with van der Waals surface area (Å²) in [4.78, 5) is 29.7. The zero-order valence-corrected chi connectivity index (χ0v) is 16.2. The number of amides is 1. The van der Waals surface area contributed by atoms with Gasteiger partial charge in [-0.05, 0) is 31.0 Å². The highest BCUT2D eigenvalue weighted by Crippen LogP contribution is 2.39. The first-order chi connectivity index (χ1) is 14.0. The predicted octanol–water partition coefficient (Wildman–Crippen LogP) is 2.18. The molecule has 4 heterocycles. The van der Waals surface area contributed by atoms with E-state index in [9.17, 15) is 9.59 Å². The summed E-state index contributed by atoms with van der Waals surface area (Å²) >= 11 is 0. The van der Waals surface area contributed by atoms with Crippen molar-refractivity contribution in [2.75, 3.05) is 5.32 Å². The van der Waals surface area contributed by atoms with Crippen molar-refractivity contribution < 1.29 is 4.79 Å². The van der Waals surface area contributed by atoms with Crippen LogP contribution in [-0.2, 0) is 11.3 Å². The molecule has 0 atom stereocenters. The van der Waals surface area contributed by atoms with Gasteiger partial charge in [-0.3, -0.25) is 9.59 Å². The minimum Gasteiger partial charge on any atom is -0.323 e. The maximum Gasteiger partial charge on any atom is 0.293 e. The second-order valence-corrected chi connectivity index (χ2v) is 7.77. The van der Waals surface area contributed by atoms with Crippen LogP contribution in [0.3, 0.4) is 0 Å². The van der Waals surface area contributed by atoms with E-state index in [0.29, 0.717) is 22.9 Å². The third kappa shape index (κ3) is 3.18. The topological polar surface area (TPSA) is 98.6 Å². The normalized spacial score (nSPS) is 14.2. The Bertz CT molecular complexity index is 1290. The Morgan fingerprint density at radius 2 is 2.10 bits per heavy atom. The van der Waals surface area contributed by atoms with E-state index in [0.717, 1.165) is 24.2 Å². The molecule has 1 fully saturated rings. The molecule has 1 aliphatic carbocycles. The van der Waals surface area contributed by atoms with Crippen LogP contribution in [0.5, 0.6) is 0 Å². The van der Waals surface area contributed by atoms with Crippen LogP contribution in [0.25, 0.3) is 11.2 Å². The van der Waals surface area contributed by atoms with Crippen molar-refractivity contribution >= 4 is 22.8 Å². The number of nitrogens with one attached hydrogen (secondary N) is 1. The van der Waals surface area contributed by atoms with Gasteiger partial charge in [0.1, 0.15) is 17.7 Å². The van der Waals surface area contributed by atoms with Crippen LogP contribution in [-0.4, -0.2) is 34.7 Å². The van der Waals surface area contributed by atoms with E-state index >= 15 is 0 Å². The number of carbonyl (C=O) groups is 1. The van der Waals surface area contributed by atoms with Gasteiger partial charge in [-0.2, -0.15) is 10.2 Å². The van der Waals surface area contributed by atoms with Gasteiger partial charge in [-0.15, -0.1) is 0 Å². The number of hydrogen-bond acceptors (Lipinski definition) is 5. The lowest BCUT2D eigenvalue weighted by atomic mass is 10.2. The number of imidazole rings is 1. The monoisotopic (exact) mass is 391 g/mol. The second kappa shape index (κ2) is 6.54. The van der Waals surface area contributed by atoms with Gasteiger partial charge in [0.2, 0.25) is 5.91 Å². The molecule has 4 aromatic heterocycles. The Labute approximate surface area is 166 Å². The Morgan fingerprint density at radius 1 is 1.28 bits per heavy atom. The maximum absolute atomic E-state index is 12.9. The smallest absolute Gasteiger partial charge is 0.293 e. The van der Waals surface area contributed by atoms with Gasteiger partial charge in [0, 0.05) is 30.4 Å². The van der Waals surface area contributed by atoms with E-state index in [-0.39, 0.29) is 23.9 Å². The number of aromatic nitrogens is 6. The van der Waals surface area contributed by atoms with Gasteiger partial charge in [-0.25, -0.2) is 14.2 Å². The van der Waals surface area contributed by atoms with E-state index in [1.165, 1.54) is 4.68 Å². The Hall–Kier alpha value is -3.49. The highest BCUT2D eigenvalue weighted by Gasteiger charge is 2.28. The minimum atomic E-state index is -0.319. The quantitative estimate of drug-likeness (QED) is 0.562. The molecule has 0 saturated heterocycles. The predicted molar refractivity (Wildman–Crippen MR) is 107 cm³/mol. The Morgan fingerprint density at radius 3 is 2.86 bits per heavy atom. The molecule has 4 aromatic rings. The fourth-order valence-corrected chi connectivity index (χ4v) is 3.45. The van der Waals surface area contributed by atoms with Gasteiger partial charge >= 0.3 is 0 Å². The molecule has 29 heavy (non-hydrogen) atoms. The molecule has 148 valence electrons. The van der Waals surface area contributed by atoms with Gasteiger partial charge in [0.25, 0.3) is 5.56 Å². The Balaban J connectivity index is 1.46. The highest BCUT2D eigenvalue weighted by atomic mass is 16.2. The molecule has 1 saturated carbocycles. The van der Waals surface area contributed by atoms with Gasteiger partial charge in [-0.1, -0.05) is 13.8 Å². The van der Waals surface area contributed by atoms with Crippen molar-refractivity contribution in [3.05, 3.63) is 58.7 Å². The molecule has 0 unspecified atom stereocenters. The number of rotatable bonds is 5. The van der Waals surface area contributed by atoms with E-state index in [1.54, 1.807) is 29.2 Å². The summed E-state index contributed by atoms with van der Waals surface area (Å²) in [6, 6.07) is 5.43. The standard InChI is InChI=1S/C20H21N7O2/c1-12(2)19-24-26(20(29)16-9-15(13-3-4-13)23-27(16)19)11-18(28)22-14-5-6-17-21-7-8-25(17)10-14/h5-10,12-13H,3-4,11H2,1-2H3,(H,22,28). The van der Waals surface area contributed by atoms with Gasteiger partial charge < -0.3 is 9.72 Å². The summed E-state index contributed by atoms with van der Waals surface area (Å²) in [5.74, 6) is 0.839. The van der Waals surface area contributed by atoms with Crippen LogP contribution >= 0.6 is 0 Å². The van der Waals surface area contributed by atoms with Crippen LogP contribution < -0.4 is 10.9 Å². The highest BCUT2D eigenvalue weighted by molar-refractivity contribution is 5.90. The molecule has 0 radical (unpaired) electrons. The first-order valence-corrected chi connectivity index (χ1v) is 9.73. The van der Waals surface area contributed by atoms with Crippen LogP contribution in [0.4, 0.5) is 5.69 Å². The zero-order chi connectivity index (χ0) is 20.1. The van der Waals surface area contributed by atoms with Crippen molar-refractivity contribution in [2.45, 2.75) is 45.1 Å². The number of anilines is 1. The second-order valence-electron chi connectivity index (χ2n) is 7.77. The molecule has 1 N–H and O–H groups in total. The number of carbonyl (C=O) groups excluding carboxylic acids is 1. The van der Waals surface area contributed by atoms with Crippen molar-refractivity contribution in [1.29, 1.82) is 0 Å². The number of pyridine rings is 1. The lowest BCUT2D eigenvalue weighted by molar-refractivity contribution is -0.117. The van der Waals surface area contributed by atoms with Crippen LogP contribution in [0.15, 0.2) is 41.6 Å². The minimum absolute atomic E-state index is 0.0583. The van der Waals surface area contributed by atoms with Crippen molar-refractivity contribution in [3.8, 4) is 0 Å². The average Bonchev–Trinajstić information content (AvgIpc) is 3.26. The summed E-state index contributed by atoms with van der Waals surface area (Å²) in [5, 5.41) is 11.9. The maximum atomic E-state index is 12.9. The zero-order valence-electron chi connectivity index (χ0n) is 16.2. The fourth-order valence-electron chi connectivity index (χ4n) is 3.45. The first kappa shape index (κ1) is 17.6. The molecular weight excluding hydrogens is 370 g/mol. The van der Waals surface area contributed by atoms with Crippen molar-refractivity contribution in [2.24, 2.45) is 0 Å². The molecule has 9 heteroatoms. The molecule has 1 amide bonds. The van der Waals surface area contributed by atoms with Gasteiger partial charge in [0.05, 0.1) is 11.4 Å². The third-order valence-corrected chi connectivity index (χ3v) is 5.10. The summed E-state index contributed by atoms with van der Waals surface area (Å²) in [6.45, 7) is 3.83. The third-order valence-electron chi connectivity index (χ3n) is 5.10. The average molecular weight is 391 g/mol. The lowest BCUT2D eigenvalue weighted by Gasteiger charge is -2.12. The number of nitrogens with zero attached hydrogens (tertiary/aromatic N) is 6. The summed E-state index contributed by atoms with van der Waals surface area (Å²) in [5.41, 5.74) is 2.51. The van der Waals surface area contributed by atoms with Crippen molar-refractivity contribution in [3.63, 3.8) is 0 Å². The van der Waals surface area contributed by atoms with Crippen LogP contribution in [0, 0.1) is 0 Å². The SMILES string of the molecule is CC(C)c1nn(CC(=O)Nc2ccc3nccn3c2)c(=O)c2cc(C3CC3)nn12. The van der Waals surface area contributed by atoms with Gasteiger partial charge in [0.15, 0.2) is 5.82 Å². The molecule has 9 nitrogen and oxygen atoms in total. The lowest BCUT2D eigenvalue weighted by Crippen LogP contribution is -2.32.